The van der Waals surface area contributed by atoms with Gasteiger partial charge in [-0.2, -0.15) is 0 Å². The number of nitriles is 1. The molecule has 5 aromatic rings. The average molecular weight is 1420 g/mol. The van der Waals surface area contributed by atoms with E-state index in [1.165, 1.54) is 72.9 Å². The van der Waals surface area contributed by atoms with Crippen LogP contribution in [0.3, 0.4) is 0 Å². The van der Waals surface area contributed by atoms with Gasteiger partial charge in [0.2, 0.25) is 0 Å². The molecule has 15 unspecified atom stereocenters. The fourth-order valence-electron chi connectivity index (χ4n) is 27.3. The van der Waals surface area contributed by atoms with E-state index in [1.54, 1.807) is 34.1 Å². The average Bonchev–Trinajstić information content (AvgIpc) is 1.44. The second kappa shape index (κ2) is 20.8. The Morgan fingerprint density at radius 1 is 0.681 bits per heavy atom. The van der Waals surface area contributed by atoms with Crippen LogP contribution in [0.5, 0.6) is 0 Å². The molecule has 489 valence electrons. The Kier molecular flexibility index (Phi) is 14.0. The minimum absolute atomic E-state index is 0. The summed E-state index contributed by atoms with van der Waals surface area (Å²) < 4.78 is 7.78. The van der Waals surface area contributed by atoms with Crippen molar-refractivity contribution >= 4 is 11.8 Å². The molecule has 8 fully saturated rings. The van der Waals surface area contributed by atoms with E-state index in [4.69, 9.17) is 16.3 Å². The van der Waals surface area contributed by atoms with E-state index in [-0.39, 0.29) is 53.4 Å². The van der Waals surface area contributed by atoms with Crippen LogP contribution in [-0.4, -0.2) is 24.1 Å². The molecular weight excluding hydrogens is 1320 g/mol. The summed E-state index contributed by atoms with van der Waals surface area (Å²) in [7, 11) is 4.80. The van der Waals surface area contributed by atoms with E-state index >= 15 is 0 Å². The van der Waals surface area contributed by atoms with Crippen molar-refractivity contribution in [3.8, 4) is 28.6 Å². The Bertz CT molecular complexity index is 4050. The van der Waals surface area contributed by atoms with E-state index in [0.717, 1.165) is 94.2 Å². The second-order valence-corrected chi connectivity index (χ2v) is 36.8. The van der Waals surface area contributed by atoms with Gasteiger partial charge in [-0.1, -0.05) is 140 Å². The molecule has 8 saturated carbocycles. The number of nitrogens with zero attached hydrogens (tertiary/aromatic N) is 5. The number of rotatable bonds is 7. The van der Waals surface area contributed by atoms with Gasteiger partial charge in [0.1, 0.15) is 11.5 Å². The van der Waals surface area contributed by atoms with Crippen LogP contribution < -0.4 is 4.90 Å². The summed E-state index contributed by atoms with van der Waals surface area (Å²) in [4.78, 5) is 16.3. The molecule has 14 aliphatic rings. The van der Waals surface area contributed by atoms with Crippen LogP contribution in [0, 0.1) is 133 Å². The number of benzene rings is 3. The zero-order valence-electron chi connectivity index (χ0n) is 58.9. The summed E-state index contributed by atoms with van der Waals surface area (Å²) >= 11 is 0. The third-order valence-electron chi connectivity index (χ3n) is 29.8. The first-order chi connectivity index (χ1) is 44.2. The third kappa shape index (κ3) is 8.13. The molecule has 19 rings (SSSR count). The van der Waals surface area contributed by atoms with Crippen LogP contribution in [0.4, 0.5) is 5.69 Å². The molecule has 15 atom stereocenters. The third-order valence-corrected chi connectivity index (χ3v) is 29.8. The minimum Gasteiger partial charge on any atom is -0.461 e. The maximum absolute atomic E-state index is 10.8. The van der Waals surface area contributed by atoms with Crippen molar-refractivity contribution in [2.45, 2.75) is 190 Å². The van der Waals surface area contributed by atoms with Crippen molar-refractivity contribution in [1.82, 2.24) is 9.97 Å². The number of allylic oxidation sites excluding steroid dienone is 6. The quantitative estimate of drug-likeness (QED) is 0.0923. The molecule has 0 N–H and O–H groups in total. The fraction of sp³-hybridized carbons (Fsp3) is 0.563. The van der Waals surface area contributed by atoms with Crippen molar-refractivity contribution in [3.63, 3.8) is 0 Å². The van der Waals surface area contributed by atoms with Gasteiger partial charge >= 0.3 is 0 Å². The zero-order chi connectivity index (χ0) is 64.9. The van der Waals surface area contributed by atoms with Crippen molar-refractivity contribution in [2.75, 3.05) is 19.0 Å². The SMILES string of the molecule is [C-]#[N+]/C(C#N)=C1C=C(/C=C/c2c3c(c(N(C)C)c4c2C2C5C(C6CCC5C6(C)C)C4C2(C)C)C2C4C(C5CCC4C5(C)C)C3C2(C)C)OC(C(C2C3Cc4nc(-c5[c-]cc6c(c5)CC5CC6C5)ccc4C2C3)(C(C)(C)C)C(C)(C)C)=C\1.[Ir].[c-]1ccccc1-c1ccccn1. The van der Waals surface area contributed by atoms with Gasteiger partial charge < -0.3 is 19.6 Å². The van der Waals surface area contributed by atoms with Crippen LogP contribution >= 0.6 is 0 Å². The molecule has 12 bridgehead atoms. The molecule has 1 aliphatic heterocycles. The molecule has 3 aromatic carbocycles. The standard InChI is InChI=1S/C76H91N4O.C11H8N.Ir/c1-70(2,3)76(71(4,5)6,64-42-33-47(64)45-22-27-52(79-53(45)34-42)38-18-20-44-39-28-37(29-39)30-40(44)31-38)55-35-41(54(36-77)78-15)32-43(81-55)19-21-46-56-62(67-60-50-25-23-48(72(50,7)8)58(60)65(56)74(67,11)12)69(80(16)17)63-57(46)66-59-49-24-26-51(73(49,9)10)61(59)68(63)75(66,13)14;1-2-6-10(7-3-1)11-8-4-5-9-12-11;/h19-22,27,31-32,35,37,39,42,47-51,58-61,64-68H,23-26,28-30,33-34H2,1-14,16-17H3;1-6,8-9H;/q2*-1;/b21-19+,54-41+;;. The Labute approximate surface area is 576 Å². The Balaban J connectivity index is 0.000000484. The summed E-state index contributed by atoms with van der Waals surface area (Å²) in [6, 6.07) is 32.3. The Morgan fingerprint density at radius 3 is 1.81 bits per heavy atom. The van der Waals surface area contributed by atoms with Crippen molar-refractivity contribution in [2.24, 2.45) is 103 Å². The summed E-state index contributed by atoms with van der Waals surface area (Å²) in [6.45, 7) is 44.4. The van der Waals surface area contributed by atoms with E-state index < -0.39 is 5.41 Å². The molecular formula is C87H99IrN5O-2. The monoisotopic (exact) mass is 1420 g/mol. The predicted octanol–water partition coefficient (Wildman–Crippen LogP) is 20.8. The molecule has 0 saturated heterocycles. The molecule has 0 spiro atoms. The van der Waals surface area contributed by atoms with E-state index in [1.807, 2.05) is 42.5 Å². The van der Waals surface area contributed by atoms with Gasteiger partial charge in [-0.3, -0.25) is 0 Å². The van der Waals surface area contributed by atoms with Crippen LogP contribution in [0.15, 0.2) is 114 Å². The van der Waals surface area contributed by atoms with Gasteiger partial charge in [-0.05, 0) is 253 Å². The maximum Gasteiger partial charge on any atom is 0.269 e. The van der Waals surface area contributed by atoms with E-state index in [0.29, 0.717) is 63.7 Å². The number of aromatic nitrogens is 2. The summed E-state index contributed by atoms with van der Waals surface area (Å²) in [5, 5.41) is 10.8. The Morgan fingerprint density at radius 2 is 1.28 bits per heavy atom. The van der Waals surface area contributed by atoms with Crippen molar-refractivity contribution in [3.05, 3.63) is 188 Å². The molecule has 3 heterocycles. The van der Waals surface area contributed by atoms with Crippen molar-refractivity contribution in [1.29, 1.82) is 5.26 Å². The first kappa shape index (κ1) is 62.9. The molecule has 2 aromatic heterocycles. The van der Waals surface area contributed by atoms with Gasteiger partial charge in [0.25, 0.3) is 5.70 Å². The first-order valence-electron chi connectivity index (χ1n) is 36.3. The molecule has 94 heavy (non-hydrogen) atoms. The van der Waals surface area contributed by atoms with E-state index in [9.17, 15) is 5.26 Å². The summed E-state index contributed by atoms with van der Waals surface area (Å²) in [5.74, 6) is 12.3. The van der Waals surface area contributed by atoms with Crippen molar-refractivity contribution < 1.29 is 24.8 Å². The summed E-state index contributed by atoms with van der Waals surface area (Å²) in [5.41, 5.74) is 20.7. The predicted molar refractivity (Wildman–Crippen MR) is 374 cm³/mol. The normalized spacial score (nSPS) is 35.1. The van der Waals surface area contributed by atoms with Crippen LogP contribution in [0.2, 0.25) is 0 Å². The number of fused-ring (bicyclic) bond motifs is 28. The number of hydrogen-bond donors (Lipinski definition) is 0. The van der Waals surface area contributed by atoms with Crippen LogP contribution in [0.1, 0.15) is 228 Å². The number of anilines is 1. The Hall–Kier alpha value is -5.85. The minimum atomic E-state index is -0.479. The van der Waals surface area contributed by atoms with Gasteiger partial charge in [0, 0.05) is 57.2 Å². The molecule has 0 amide bonds. The fourth-order valence-corrected chi connectivity index (χ4v) is 27.3. The summed E-state index contributed by atoms with van der Waals surface area (Å²) in [6.07, 6.45) is 22.4. The smallest absolute Gasteiger partial charge is 0.269 e. The number of ether oxygens (including phenoxy) is 1. The molecule has 13 aliphatic carbocycles. The first-order valence-corrected chi connectivity index (χ1v) is 36.3. The molecule has 6 nitrogen and oxygen atoms in total. The topological polar surface area (TPSA) is 66.4 Å². The van der Waals surface area contributed by atoms with Gasteiger partial charge in [-0.25, -0.2) is 10.1 Å². The van der Waals surface area contributed by atoms with Gasteiger partial charge in [0.15, 0.2) is 0 Å². The second-order valence-electron chi connectivity index (χ2n) is 36.8. The zero-order valence-corrected chi connectivity index (χ0v) is 61.3. The van der Waals surface area contributed by atoms with Crippen LogP contribution in [-0.2, 0) is 37.7 Å². The van der Waals surface area contributed by atoms with Gasteiger partial charge in [-0.15, -0.1) is 70.8 Å². The number of pyridine rings is 2. The van der Waals surface area contributed by atoms with Crippen LogP contribution in [0.25, 0.3) is 33.4 Å². The molecule has 1 radical (unpaired) electrons. The molecule has 7 heteroatoms. The largest absolute Gasteiger partial charge is 0.461 e. The van der Waals surface area contributed by atoms with E-state index in [2.05, 4.69) is 193 Å². The number of hydrogen-bond acceptors (Lipinski definition) is 5. The van der Waals surface area contributed by atoms with Gasteiger partial charge in [0.05, 0.1) is 12.6 Å². The maximum atomic E-state index is 10.8.